The highest BCUT2D eigenvalue weighted by atomic mass is 35.5. The lowest BCUT2D eigenvalue weighted by atomic mass is 10.2. The standard InChI is InChI=1S/C19H30ClN3O3S/c1-3-18(19(24)21-11-14-22-12-6-4-5-7-13-22)23(27(2,25)26)17-10-8-9-16(20)15-17/h8-10,15,18H,3-7,11-14H2,1-2H3,(H,21,24)/t18-/m0/s1. The molecule has 1 aromatic carbocycles. The Labute approximate surface area is 167 Å². The van der Waals surface area contributed by atoms with Crippen LogP contribution in [0.5, 0.6) is 0 Å². The number of rotatable bonds is 8. The summed E-state index contributed by atoms with van der Waals surface area (Å²) in [5.74, 6) is -0.280. The van der Waals surface area contributed by atoms with Crippen LogP contribution in [-0.4, -0.2) is 57.7 Å². The zero-order chi connectivity index (χ0) is 19.9. The van der Waals surface area contributed by atoms with Crippen LogP contribution in [0.15, 0.2) is 24.3 Å². The third-order valence-corrected chi connectivity index (χ3v) is 6.23. The van der Waals surface area contributed by atoms with Crippen LogP contribution in [0.25, 0.3) is 0 Å². The highest BCUT2D eigenvalue weighted by molar-refractivity contribution is 7.92. The molecule has 152 valence electrons. The van der Waals surface area contributed by atoms with Crippen molar-refractivity contribution in [2.45, 2.75) is 45.1 Å². The maximum absolute atomic E-state index is 12.8. The van der Waals surface area contributed by atoms with E-state index >= 15 is 0 Å². The van der Waals surface area contributed by atoms with Crippen molar-refractivity contribution in [3.05, 3.63) is 29.3 Å². The Morgan fingerprint density at radius 2 is 1.93 bits per heavy atom. The van der Waals surface area contributed by atoms with Gasteiger partial charge < -0.3 is 10.2 Å². The first-order valence-electron chi connectivity index (χ1n) is 9.58. The second-order valence-corrected chi connectivity index (χ2v) is 9.31. The molecule has 27 heavy (non-hydrogen) atoms. The van der Waals surface area contributed by atoms with Gasteiger partial charge in [-0.1, -0.05) is 37.4 Å². The summed E-state index contributed by atoms with van der Waals surface area (Å²) < 4.78 is 26.0. The van der Waals surface area contributed by atoms with Crippen LogP contribution < -0.4 is 9.62 Å². The SMILES string of the molecule is CC[C@@H](C(=O)NCCN1CCCCCC1)N(c1cccc(Cl)c1)S(C)(=O)=O. The van der Waals surface area contributed by atoms with Gasteiger partial charge in [-0.25, -0.2) is 8.42 Å². The molecule has 1 amide bonds. The Morgan fingerprint density at radius 1 is 1.26 bits per heavy atom. The van der Waals surface area contributed by atoms with Crippen LogP contribution in [0.1, 0.15) is 39.0 Å². The van der Waals surface area contributed by atoms with E-state index in [9.17, 15) is 13.2 Å². The molecule has 1 N–H and O–H groups in total. The number of nitrogens with zero attached hydrogens (tertiary/aromatic N) is 2. The Balaban J connectivity index is 2.05. The molecule has 0 aliphatic carbocycles. The van der Waals surface area contributed by atoms with E-state index in [1.54, 1.807) is 24.3 Å². The number of amides is 1. The van der Waals surface area contributed by atoms with E-state index in [-0.39, 0.29) is 5.91 Å². The summed E-state index contributed by atoms with van der Waals surface area (Å²) >= 11 is 6.02. The summed E-state index contributed by atoms with van der Waals surface area (Å²) in [6.07, 6.45) is 6.41. The molecule has 6 nitrogen and oxygen atoms in total. The van der Waals surface area contributed by atoms with Gasteiger partial charge in [-0.3, -0.25) is 9.10 Å². The Hall–Kier alpha value is -1.31. The van der Waals surface area contributed by atoms with Crippen molar-refractivity contribution in [2.24, 2.45) is 0 Å². The Kier molecular flexibility index (Phi) is 8.38. The highest BCUT2D eigenvalue weighted by Gasteiger charge is 2.31. The fourth-order valence-corrected chi connectivity index (χ4v) is 4.88. The number of nitrogens with one attached hydrogen (secondary N) is 1. The van der Waals surface area contributed by atoms with Crippen LogP contribution in [0.4, 0.5) is 5.69 Å². The quantitative estimate of drug-likeness (QED) is 0.708. The lowest BCUT2D eigenvalue weighted by molar-refractivity contribution is -0.122. The van der Waals surface area contributed by atoms with Gasteiger partial charge in [0.25, 0.3) is 0 Å². The molecule has 1 saturated heterocycles. The van der Waals surface area contributed by atoms with Gasteiger partial charge in [0.15, 0.2) is 0 Å². The van der Waals surface area contributed by atoms with E-state index < -0.39 is 16.1 Å². The minimum atomic E-state index is -3.64. The monoisotopic (exact) mass is 415 g/mol. The van der Waals surface area contributed by atoms with E-state index in [0.717, 1.165) is 25.9 Å². The second kappa shape index (κ2) is 10.3. The van der Waals surface area contributed by atoms with E-state index in [0.29, 0.717) is 23.7 Å². The molecule has 1 fully saturated rings. The second-order valence-electron chi connectivity index (χ2n) is 7.01. The molecule has 1 aliphatic heterocycles. The normalized spacial score (nSPS) is 17.1. The molecule has 1 atom stereocenters. The number of anilines is 1. The van der Waals surface area contributed by atoms with Crippen molar-refractivity contribution in [3.63, 3.8) is 0 Å². The molecule has 1 heterocycles. The highest BCUT2D eigenvalue weighted by Crippen LogP contribution is 2.25. The summed E-state index contributed by atoms with van der Waals surface area (Å²) in [5.41, 5.74) is 0.402. The van der Waals surface area contributed by atoms with Crippen LogP contribution in [0.3, 0.4) is 0 Å². The molecule has 0 saturated carbocycles. The summed E-state index contributed by atoms with van der Waals surface area (Å²) in [6.45, 7) is 5.23. The lowest BCUT2D eigenvalue weighted by Gasteiger charge is -2.30. The molecule has 1 aliphatic rings. The van der Waals surface area contributed by atoms with Crippen molar-refractivity contribution in [1.82, 2.24) is 10.2 Å². The third kappa shape index (κ3) is 6.66. The van der Waals surface area contributed by atoms with Crippen LogP contribution in [-0.2, 0) is 14.8 Å². The van der Waals surface area contributed by atoms with E-state index in [4.69, 9.17) is 11.6 Å². The van der Waals surface area contributed by atoms with Gasteiger partial charge in [0, 0.05) is 18.1 Å². The van der Waals surface area contributed by atoms with Gasteiger partial charge in [0.1, 0.15) is 6.04 Å². The van der Waals surface area contributed by atoms with Crippen molar-refractivity contribution in [1.29, 1.82) is 0 Å². The average molecular weight is 416 g/mol. The van der Waals surface area contributed by atoms with Crippen LogP contribution >= 0.6 is 11.6 Å². The van der Waals surface area contributed by atoms with Gasteiger partial charge >= 0.3 is 0 Å². The predicted octanol–water partition coefficient (Wildman–Crippen LogP) is 2.88. The first-order chi connectivity index (χ1) is 12.8. The summed E-state index contributed by atoms with van der Waals surface area (Å²) in [7, 11) is -3.64. The van der Waals surface area contributed by atoms with Gasteiger partial charge in [-0.2, -0.15) is 0 Å². The van der Waals surface area contributed by atoms with Crippen molar-refractivity contribution in [3.8, 4) is 0 Å². The average Bonchev–Trinajstić information content (AvgIpc) is 2.87. The lowest BCUT2D eigenvalue weighted by Crippen LogP contribution is -2.50. The molecule has 0 bridgehead atoms. The topological polar surface area (TPSA) is 69.7 Å². The number of hydrogen-bond acceptors (Lipinski definition) is 4. The fourth-order valence-electron chi connectivity index (χ4n) is 3.49. The van der Waals surface area contributed by atoms with Crippen LogP contribution in [0.2, 0.25) is 5.02 Å². The van der Waals surface area contributed by atoms with E-state index in [1.807, 2.05) is 6.92 Å². The Bertz CT molecular complexity index is 719. The van der Waals surface area contributed by atoms with E-state index in [1.165, 1.54) is 30.0 Å². The maximum atomic E-state index is 12.8. The maximum Gasteiger partial charge on any atom is 0.243 e. The number of benzene rings is 1. The zero-order valence-corrected chi connectivity index (χ0v) is 17.7. The van der Waals surface area contributed by atoms with Crippen molar-refractivity contribution >= 4 is 33.2 Å². The molecule has 1 aromatic rings. The zero-order valence-electron chi connectivity index (χ0n) is 16.2. The van der Waals surface area contributed by atoms with Crippen molar-refractivity contribution in [2.75, 3.05) is 36.7 Å². The molecule has 0 aromatic heterocycles. The number of carbonyl (C=O) groups is 1. The number of halogens is 1. The predicted molar refractivity (Wildman–Crippen MR) is 111 cm³/mol. The van der Waals surface area contributed by atoms with E-state index in [2.05, 4.69) is 10.2 Å². The van der Waals surface area contributed by atoms with Crippen LogP contribution in [0, 0.1) is 0 Å². The number of likely N-dealkylation sites (tertiary alicyclic amines) is 1. The Morgan fingerprint density at radius 3 is 2.48 bits per heavy atom. The fraction of sp³-hybridized carbons (Fsp3) is 0.632. The van der Waals surface area contributed by atoms with Gasteiger partial charge in [-0.15, -0.1) is 0 Å². The minimum absolute atomic E-state index is 0.280. The third-order valence-electron chi connectivity index (χ3n) is 4.82. The summed E-state index contributed by atoms with van der Waals surface area (Å²) in [6, 6.07) is 5.77. The smallest absolute Gasteiger partial charge is 0.243 e. The largest absolute Gasteiger partial charge is 0.353 e. The molecule has 0 unspecified atom stereocenters. The molecule has 0 radical (unpaired) electrons. The number of hydrogen-bond donors (Lipinski definition) is 1. The van der Waals surface area contributed by atoms with Crippen molar-refractivity contribution < 1.29 is 13.2 Å². The van der Waals surface area contributed by atoms with Gasteiger partial charge in [-0.05, 0) is 50.6 Å². The number of sulfonamides is 1. The summed E-state index contributed by atoms with van der Waals surface area (Å²) in [5, 5.41) is 3.35. The first-order valence-corrected chi connectivity index (χ1v) is 11.8. The number of carbonyl (C=O) groups excluding carboxylic acids is 1. The molecule has 8 heteroatoms. The molecular weight excluding hydrogens is 386 g/mol. The minimum Gasteiger partial charge on any atom is -0.353 e. The first kappa shape index (κ1) is 22.0. The molecule has 0 spiro atoms. The van der Waals surface area contributed by atoms with Gasteiger partial charge in [0.2, 0.25) is 15.9 Å². The van der Waals surface area contributed by atoms with Gasteiger partial charge in [0.05, 0.1) is 11.9 Å². The summed E-state index contributed by atoms with van der Waals surface area (Å²) in [4.78, 5) is 15.1. The molecular formula is C19H30ClN3O3S. The molecule has 2 rings (SSSR count).